The lowest BCUT2D eigenvalue weighted by Gasteiger charge is -2.07. The maximum atomic E-state index is 12.9. The number of rotatable bonds is 3. The van der Waals surface area contributed by atoms with Gasteiger partial charge in [-0.3, -0.25) is 10.1 Å². The first kappa shape index (κ1) is 13.9. The van der Waals surface area contributed by atoms with Gasteiger partial charge < -0.3 is 4.74 Å². The molecule has 0 aromatic heterocycles. The Labute approximate surface area is 97.1 Å². The molecule has 0 unspecified atom stereocenters. The molecule has 1 aromatic carbocycles. The van der Waals surface area contributed by atoms with Crippen LogP contribution in [-0.2, 0) is 16.1 Å². The summed E-state index contributed by atoms with van der Waals surface area (Å²) >= 11 is 0. The van der Waals surface area contributed by atoms with Crippen LogP contribution in [0.1, 0.15) is 5.56 Å². The molecular weight excluding hydrogens is 262 g/mol. The molecule has 5 nitrogen and oxygen atoms in total. The largest absolute Gasteiger partial charge is 0.490 e. The Hall–Kier alpha value is -2.19. The van der Waals surface area contributed by atoms with Crippen molar-refractivity contribution in [3.05, 3.63) is 39.7 Å². The van der Waals surface area contributed by atoms with E-state index in [1.165, 1.54) is 0 Å². The van der Waals surface area contributed by atoms with Gasteiger partial charge in [0.25, 0.3) is 0 Å². The second kappa shape index (κ2) is 4.98. The van der Waals surface area contributed by atoms with E-state index in [1.54, 1.807) is 0 Å². The molecule has 0 heterocycles. The lowest BCUT2D eigenvalue weighted by atomic mass is 10.2. The van der Waals surface area contributed by atoms with Crippen LogP contribution in [0.3, 0.4) is 0 Å². The van der Waals surface area contributed by atoms with Crippen molar-refractivity contribution in [2.24, 2.45) is 0 Å². The SMILES string of the molecule is O=C(OCc1ccc(F)c([N+](=O)[O-])c1)C(F)(F)F. The number of carbonyl (C=O) groups is 1. The molecule has 9 heteroatoms. The van der Waals surface area contributed by atoms with Crippen molar-refractivity contribution >= 4 is 11.7 Å². The average molecular weight is 267 g/mol. The van der Waals surface area contributed by atoms with Crippen molar-refractivity contribution in [3.8, 4) is 0 Å². The molecule has 1 aromatic rings. The van der Waals surface area contributed by atoms with Gasteiger partial charge in [-0.2, -0.15) is 17.6 Å². The van der Waals surface area contributed by atoms with Gasteiger partial charge in [-0.15, -0.1) is 0 Å². The van der Waals surface area contributed by atoms with Crippen LogP contribution < -0.4 is 0 Å². The molecule has 0 saturated carbocycles. The van der Waals surface area contributed by atoms with Crippen LogP contribution in [0, 0.1) is 15.9 Å². The van der Waals surface area contributed by atoms with Crippen LogP contribution >= 0.6 is 0 Å². The Balaban J connectivity index is 2.78. The molecule has 0 saturated heterocycles. The van der Waals surface area contributed by atoms with Gasteiger partial charge in [0.2, 0.25) is 5.82 Å². The van der Waals surface area contributed by atoms with Crippen LogP contribution in [0.5, 0.6) is 0 Å². The summed E-state index contributed by atoms with van der Waals surface area (Å²) in [4.78, 5) is 19.7. The standard InChI is InChI=1S/C9H5F4NO4/c10-6-2-1-5(3-7(6)14(16)17)4-18-8(15)9(11,12)13/h1-3H,4H2. The zero-order valence-corrected chi connectivity index (χ0v) is 8.53. The Morgan fingerprint density at radius 2 is 2.00 bits per heavy atom. The number of nitrogens with zero attached hydrogens (tertiary/aromatic N) is 1. The van der Waals surface area contributed by atoms with E-state index in [2.05, 4.69) is 4.74 Å². The number of nitro benzene ring substituents is 1. The molecule has 0 aliphatic carbocycles. The highest BCUT2D eigenvalue weighted by Gasteiger charge is 2.40. The predicted molar refractivity (Wildman–Crippen MR) is 48.9 cm³/mol. The number of esters is 1. The fourth-order valence-electron chi connectivity index (χ4n) is 1.02. The van der Waals surface area contributed by atoms with Crippen molar-refractivity contribution in [2.75, 3.05) is 0 Å². The van der Waals surface area contributed by atoms with Crippen LogP contribution in [-0.4, -0.2) is 17.1 Å². The molecule has 18 heavy (non-hydrogen) atoms. The van der Waals surface area contributed by atoms with Gasteiger partial charge in [-0.1, -0.05) is 6.07 Å². The summed E-state index contributed by atoms with van der Waals surface area (Å²) < 4.78 is 52.1. The second-order valence-electron chi connectivity index (χ2n) is 3.12. The van der Waals surface area contributed by atoms with Crippen molar-refractivity contribution in [1.29, 1.82) is 0 Å². The third kappa shape index (κ3) is 3.40. The number of hydrogen-bond acceptors (Lipinski definition) is 4. The summed E-state index contributed by atoms with van der Waals surface area (Å²) in [7, 11) is 0. The highest BCUT2D eigenvalue weighted by molar-refractivity contribution is 5.75. The maximum Gasteiger partial charge on any atom is 0.490 e. The number of nitro groups is 1. The molecule has 0 bridgehead atoms. The third-order valence-electron chi connectivity index (χ3n) is 1.81. The number of hydrogen-bond donors (Lipinski definition) is 0. The summed E-state index contributed by atoms with van der Waals surface area (Å²) in [6.45, 7) is -0.834. The average Bonchev–Trinajstić information content (AvgIpc) is 2.25. The first-order chi connectivity index (χ1) is 8.21. The van der Waals surface area contributed by atoms with E-state index in [-0.39, 0.29) is 5.56 Å². The van der Waals surface area contributed by atoms with E-state index in [0.29, 0.717) is 12.1 Å². The smallest absolute Gasteiger partial charge is 0.454 e. The van der Waals surface area contributed by atoms with E-state index < -0.39 is 35.2 Å². The topological polar surface area (TPSA) is 69.4 Å². The number of alkyl halides is 3. The first-order valence-electron chi connectivity index (χ1n) is 4.38. The number of ether oxygens (including phenoxy) is 1. The lowest BCUT2D eigenvalue weighted by Crippen LogP contribution is -2.25. The molecule has 0 aliphatic heterocycles. The maximum absolute atomic E-state index is 12.9. The Kier molecular flexibility index (Phi) is 3.84. The van der Waals surface area contributed by atoms with Crippen LogP contribution in [0.4, 0.5) is 23.2 Å². The van der Waals surface area contributed by atoms with Crippen LogP contribution in [0.2, 0.25) is 0 Å². The Morgan fingerprint density at radius 1 is 1.39 bits per heavy atom. The molecule has 0 spiro atoms. The molecule has 0 atom stereocenters. The lowest BCUT2D eigenvalue weighted by molar-refractivity contribution is -0.387. The van der Waals surface area contributed by atoms with Gasteiger partial charge in [-0.25, -0.2) is 4.79 Å². The van der Waals surface area contributed by atoms with E-state index in [1.807, 2.05) is 0 Å². The zero-order valence-electron chi connectivity index (χ0n) is 8.53. The van der Waals surface area contributed by atoms with Crippen LogP contribution in [0.15, 0.2) is 18.2 Å². The minimum absolute atomic E-state index is 0.124. The fraction of sp³-hybridized carbons (Fsp3) is 0.222. The van der Waals surface area contributed by atoms with E-state index in [0.717, 1.165) is 6.07 Å². The van der Waals surface area contributed by atoms with Gasteiger partial charge in [0.1, 0.15) is 6.61 Å². The van der Waals surface area contributed by atoms with Gasteiger partial charge in [0, 0.05) is 6.07 Å². The third-order valence-corrected chi connectivity index (χ3v) is 1.81. The molecule has 0 fully saturated rings. The normalized spacial score (nSPS) is 11.1. The molecule has 0 aliphatic rings. The first-order valence-corrected chi connectivity index (χ1v) is 4.38. The van der Waals surface area contributed by atoms with Crippen molar-refractivity contribution in [2.45, 2.75) is 12.8 Å². The summed E-state index contributed by atoms with van der Waals surface area (Å²) in [6.07, 6.45) is -5.15. The minimum atomic E-state index is -5.15. The fourth-order valence-corrected chi connectivity index (χ4v) is 1.02. The molecule has 98 valence electrons. The number of halogens is 4. The highest BCUT2D eigenvalue weighted by Crippen LogP contribution is 2.21. The summed E-state index contributed by atoms with van der Waals surface area (Å²) in [5, 5.41) is 10.3. The van der Waals surface area contributed by atoms with Crippen LogP contribution in [0.25, 0.3) is 0 Å². The monoisotopic (exact) mass is 267 g/mol. The summed E-state index contributed by atoms with van der Waals surface area (Å²) in [5.74, 6) is -3.56. The molecular formula is C9H5F4NO4. The van der Waals surface area contributed by atoms with Gasteiger partial charge in [0.05, 0.1) is 4.92 Å². The minimum Gasteiger partial charge on any atom is -0.454 e. The second-order valence-corrected chi connectivity index (χ2v) is 3.12. The number of benzene rings is 1. The van der Waals surface area contributed by atoms with Crippen molar-refractivity contribution < 1.29 is 32.0 Å². The zero-order chi connectivity index (χ0) is 13.9. The van der Waals surface area contributed by atoms with E-state index in [9.17, 15) is 32.5 Å². The van der Waals surface area contributed by atoms with Crippen molar-refractivity contribution in [3.63, 3.8) is 0 Å². The highest BCUT2D eigenvalue weighted by atomic mass is 19.4. The number of carbonyl (C=O) groups excluding carboxylic acids is 1. The predicted octanol–water partition coefficient (Wildman–Crippen LogP) is 2.34. The summed E-state index contributed by atoms with van der Waals surface area (Å²) in [5.41, 5.74) is -1.03. The van der Waals surface area contributed by atoms with Gasteiger partial charge in [0.15, 0.2) is 0 Å². The van der Waals surface area contributed by atoms with E-state index in [4.69, 9.17) is 0 Å². The Bertz CT molecular complexity index is 486. The molecule has 0 amide bonds. The quantitative estimate of drug-likeness (QED) is 0.365. The molecule has 1 rings (SSSR count). The van der Waals surface area contributed by atoms with E-state index >= 15 is 0 Å². The van der Waals surface area contributed by atoms with Gasteiger partial charge in [-0.05, 0) is 11.6 Å². The van der Waals surface area contributed by atoms with Crippen molar-refractivity contribution in [1.82, 2.24) is 0 Å². The van der Waals surface area contributed by atoms with Gasteiger partial charge >= 0.3 is 17.8 Å². The molecule has 0 N–H and O–H groups in total. The Morgan fingerprint density at radius 3 is 2.50 bits per heavy atom. The summed E-state index contributed by atoms with van der Waals surface area (Å²) in [6, 6.07) is 2.37. The molecule has 0 radical (unpaired) electrons.